The molecule has 98 valence electrons. The van der Waals surface area contributed by atoms with Crippen LogP contribution in [0.25, 0.3) is 0 Å². The molecule has 18 heavy (non-hydrogen) atoms. The van der Waals surface area contributed by atoms with Crippen molar-refractivity contribution >= 4 is 0 Å². The minimum absolute atomic E-state index is 0.132. The Hall–Kier alpha value is -1.30. The molecule has 0 unspecified atom stereocenters. The molecule has 1 heterocycles. The minimum Gasteiger partial charge on any atom is -0.269 e. The smallest absolute Gasteiger partial charge is 0.0693 e. The van der Waals surface area contributed by atoms with Gasteiger partial charge in [-0.1, -0.05) is 26.7 Å². The average molecular weight is 245 g/mol. The second kappa shape index (κ2) is 5.56. The van der Waals surface area contributed by atoms with E-state index in [1.807, 2.05) is 0 Å². The third-order valence-corrected chi connectivity index (χ3v) is 4.30. The molecule has 1 aliphatic carbocycles. The van der Waals surface area contributed by atoms with Crippen molar-refractivity contribution in [2.75, 3.05) is 0 Å². The molecule has 0 N–H and O–H groups in total. The van der Waals surface area contributed by atoms with Crippen molar-refractivity contribution < 1.29 is 0 Å². The van der Waals surface area contributed by atoms with Crippen molar-refractivity contribution in [3.05, 3.63) is 18.0 Å². The number of aromatic nitrogens is 2. The second-order valence-electron chi connectivity index (χ2n) is 5.53. The van der Waals surface area contributed by atoms with Gasteiger partial charge in [0, 0.05) is 12.6 Å². The SMILES string of the molecule is CCC(CC)n1ccc(CC2(C#N)CCCC2)n1. The average Bonchev–Trinajstić information content (AvgIpc) is 3.02. The van der Waals surface area contributed by atoms with E-state index in [0.29, 0.717) is 6.04 Å². The number of nitrogens with zero attached hydrogens (tertiary/aromatic N) is 3. The summed E-state index contributed by atoms with van der Waals surface area (Å²) in [6.45, 7) is 4.40. The summed E-state index contributed by atoms with van der Waals surface area (Å²) in [6, 6.07) is 5.14. The van der Waals surface area contributed by atoms with Gasteiger partial charge in [0.25, 0.3) is 0 Å². The van der Waals surface area contributed by atoms with Gasteiger partial charge in [-0.2, -0.15) is 10.4 Å². The van der Waals surface area contributed by atoms with Crippen LogP contribution in [0.5, 0.6) is 0 Å². The summed E-state index contributed by atoms with van der Waals surface area (Å²) in [7, 11) is 0. The van der Waals surface area contributed by atoms with Gasteiger partial charge in [0.2, 0.25) is 0 Å². The summed E-state index contributed by atoms with van der Waals surface area (Å²) >= 11 is 0. The van der Waals surface area contributed by atoms with Crippen molar-refractivity contribution in [3.63, 3.8) is 0 Å². The molecule has 0 aliphatic heterocycles. The number of hydrogen-bond donors (Lipinski definition) is 0. The van der Waals surface area contributed by atoms with Crippen LogP contribution in [0.4, 0.5) is 0 Å². The largest absolute Gasteiger partial charge is 0.269 e. The molecule has 3 heteroatoms. The third kappa shape index (κ3) is 2.58. The van der Waals surface area contributed by atoms with Gasteiger partial charge in [-0.3, -0.25) is 4.68 Å². The quantitative estimate of drug-likeness (QED) is 0.790. The van der Waals surface area contributed by atoms with E-state index in [9.17, 15) is 5.26 Å². The van der Waals surface area contributed by atoms with Gasteiger partial charge in [0.05, 0.1) is 23.2 Å². The van der Waals surface area contributed by atoms with Crippen molar-refractivity contribution in [1.29, 1.82) is 5.26 Å². The maximum absolute atomic E-state index is 9.40. The lowest BCUT2D eigenvalue weighted by Gasteiger charge is -2.18. The molecule has 0 spiro atoms. The van der Waals surface area contributed by atoms with Gasteiger partial charge in [-0.25, -0.2) is 0 Å². The van der Waals surface area contributed by atoms with Gasteiger partial charge >= 0.3 is 0 Å². The molecule has 0 amide bonds. The zero-order valence-electron chi connectivity index (χ0n) is 11.5. The predicted molar refractivity (Wildman–Crippen MR) is 72.1 cm³/mol. The maximum atomic E-state index is 9.40. The molecule has 1 aromatic heterocycles. The van der Waals surface area contributed by atoms with E-state index in [2.05, 4.69) is 42.0 Å². The molecule has 1 aromatic rings. The van der Waals surface area contributed by atoms with E-state index in [1.165, 1.54) is 12.8 Å². The van der Waals surface area contributed by atoms with E-state index in [4.69, 9.17) is 0 Å². The van der Waals surface area contributed by atoms with Gasteiger partial charge in [0.1, 0.15) is 0 Å². The lowest BCUT2D eigenvalue weighted by atomic mass is 9.83. The lowest BCUT2D eigenvalue weighted by Crippen LogP contribution is -2.18. The molecular formula is C15H23N3. The van der Waals surface area contributed by atoms with Crippen molar-refractivity contribution in [2.24, 2.45) is 5.41 Å². The van der Waals surface area contributed by atoms with Gasteiger partial charge < -0.3 is 0 Å². The van der Waals surface area contributed by atoms with E-state index < -0.39 is 0 Å². The molecule has 1 fully saturated rings. The van der Waals surface area contributed by atoms with Crippen LogP contribution < -0.4 is 0 Å². The van der Waals surface area contributed by atoms with E-state index in [1.54, 1.807) is 0 Å². The summed E-state index contributed by atoms with van der Waals surface area (Å²) in [4.78, 5) is 0. The molecule has 0 aromatic carbocycles. The first-order valence-corrected chi connectivity index (χ1v) is 7.18. The first-order valence-electron chi connectivity index (χ1n) is 7.18. The molecule has 1 aliphatic rings. The van der Waals surface area contributed by atoms with Gasteiger partial charge in [0.15, 0.2) is 0 Å². The fourth-order valence-electron chi connectivity index (χ4n) is 3.06. The Balaban J connectivity index is 2.09. The Kier molecular flexibility index (Phi) is 4.06. The fraction of sp³-hybridized carbons (Fsp3) is 0.733. The van der Waals surface area contributed by atoms with E-state index in [0.717, 1.165) is 37.8 Å². The topological polar surface area (TPSA) is 41.6 Å². The van der Waals surface area contributed by atoms with E-state index in [-0.39, 0.29) is 5.41 Å². The Morgan fingerprint density at radius 3 is 2.61 bits per heavy atom. The van der Waals surface area contributed by atoms with Crippen LogP contribution in [0, 0.1) is 16.7 Å². The van der Waals surface area contributed by atoms with Crippen LogP contribution in [0.2, 0.25) is 0 Å². The summed E-state index contributed by atoms with van der Waals surface area (Å²) in [5.41, 5.74) is 0.956. The van der Waals surface area contributed by atoms with Crippen molar-refractivity contribution in [1.82, 2.24) is 9.78 Å². The maximum Gasteiger partial charge on any atom is 0.0693 e. The first-order chi connectivity index (χ1) is 8.73. The van der Waals surface area contributed by atoms with Gasteiger partial charge in [-0.15, -0.1) is 0 Å². The highest BCUT2D eigenvalue weighted by Gasteiger charge is 2.34. The number of nitriles is 1. The molecule has 3 nitrogen and oxygen atoms in total. The van der Waals surface area contributed by atoms with Crippen LogP contribution in [-0.2, 0) is 6.42 Å². The zero-order chi connectivity index (χ0) is 13.0. The van der Waals surface area contributed by atoms with Crippen LogP contribution in [-0.4, -0.2) is 9.78 Å². The first kappa shape index (κ1) is 13.1. The summed E-state index contributed by atoms with van der Waals surface area (Å²) in [5, 5.41) is 14.1. The lowest BCUT2D eigenvalue weighted by molar-refractivity contribution is 0.389. The molecule has 0 saturated heterocycles. The monoisotopic (exact) mass is 245 g/mol. The molecule has 0 bridgehead atoms. The Labute approximate surface area is 110 Å². The molecular weight excluding hydrogens is 222 g/mol. The van der Waals surface area contributed by atoms with Crippen LogP contribution in [0.1, 0.15) is 64.1 Å². The minimum atomic E-state index is -0.132. The highest BCUT2D eigenvalue weighted by Crippen LogP contribution is 2.40. The summed E-state index contributed by atoms with van der Waals surface area (Å²) < 4.78 is 2.08. The Morgan fingerprint density at radius 1 is 1.39 bits per heavy atom. The van der Waals surface area contributed by atoms with Gasteiger partial charge in [-0.05, 0) is 31.7 Å². The summed E-state index contributed by atoms with van der Waals surface area (Å²) in [6.07, 6.45) is 9.61. The number of hydrogen-bond acceptors (Lipinski definition) is 2. The third-order valence-electron chi connectivity index (χ3n) is 4.30. The van der Waals surface area contributed by atoms with Crippen molar-refractivity contribution in [3.8, 4) is 6.07 Å². The van der Waals surface area contributed by atoms with E-state index >= 15 is 0 Å². The molecule has 2 rings (SSSR count). The normalized spacial score (nSPS) is 18.1. The molecule has 1 saturated carbocycles. The van der Waals surface area contributed by atoms with Crippen molar-refractivity contribution in [2.45, 2.75) is 64.8 Å². The second-order valence-corrected chi connectivity index (χ2v) is 5.53. The highest BCUT2D eigenvalue weighted by molar-refractivity contribution is 5.12. The molecule has 0 radical (unpaired) electrons. The Bertz CT molecular complexity index is 417. The van der Waals surface area contributed by atoms with Crippen LogP contribution in [0.15, 0.2) is 12.3 Å². The zero-order valence-corrected chi connectivity index (χ0v) is 11.5. The number of rotatable bonds is 5. The molecule has 0 atom stereocenters. The standard InChI is InChI=1S/C15H23N3/c1-3-14(4-2)18-10-7-13(17-18)11-15(12-16)8-5-6-9-15/h7,10,14H,3-6,8-9,11H2,1-2H3. The Morgan fingerprint density at radius 2 is 2.06 bits per heavy atom. The predicted octanol–water partition coefficient (Wildman–Crippen LogP) is 3.87. The van der Waals surface area contributed by atoms with Crippen LogP contribution in [0.3, 0.4) is 0 Å². The highest BCUT2D eigenvalue weighted by atomic mass is 15.3. The fourth-order valence-corrected chi connectivity index (χ4v) is 3.06. The summed E-state index contributed by atoms with van der Waals surface area (Å²) in [5.74, 6) is 0. The van der Waals surface area contributed by atoms with Crippen LogP contribution >= 0.6 is 0 Å².